The topological polar surface area (TPSA) is 67.6 Å². The lowest BCUT2D eigenvalue weighted by Gasteiger charge is -2.43. The first-order valence-corrected chi connectivity index (χ1v) is 7.51. The molecule has 5 heteroatoms. The molecule has 118 valence electrons. The van der Waals surface area contributed by atoms with Crippen molar-refractivity contribution in [3.05, 3.63) is 0 Å². The first-order chi connectivity index (χ1) is 9.06. The second-order valence-electron chi connectivity index (χ2n) is 7.13. The van der Waals surface area contributed by atoms with Crippen molar-refractivity contribution in [1.82, 2.24) is 10.2 Å². The number of nitrogens with one attached hydrogen (secondary N) is 1. The highest BCUT2D eigenvalue weighted by atomic mass is 16.5. The van der Waals surface area contributed by atoms with Crippen LogP contribution in [0.3, 0.4) is 0 Å². The Hall–Kier alpha value is -0.650. The lowest BCUT2D eigenvalue weighted by molar-refractivity contribution is -0.126. The highest BCUT2D eigenvalue weighted by Crippen LogP contribution is 2.23. The Labute approximate surface area is 123 Å². The standard InChI is InChI=1S/C15H31N3O2/c1-11(2)17-15(6,13(16)19)9-12(3)18-7-8-20-14(4,5)10-18/h11-12,17H,7-10H2,1-6H3,(H2,16,19). The van der Waals surface area contributed by atoms with Gasteiger partial charge in [0, 0.05) is 25.2 Å². The summed E-state index contributed by atoms with van der Waals surface area (Å²) in [5.41, 5.74) is 4.81. The summed E-state index contributed by atoms with van der Waals surface area (Å²) >= 11 is 0. The molecule has 1 fully saturated rings. The van der Waals surface area contributed by atoms with Crippen LogP contribution in [0.1, 0.15) is 48.0 Å². The molecule has 0 aliphatic carbocycles. The van der Waals surface area contributed by atoms with Crippen LogP contribution in [0.25, 0.3) is 0 Å². The predicted molar refractivity (Wildman–Crippen MR) is 81.6 cm³/mol. The number of carbonyl (C=O) groups excluding carboxylic acids is 1. The minimum atomic E-state index is -0.671. The van der Waals surface area contributed by atoms with Crippen LogP contribution in [-0.2, 0) is 9.53 Å². The second kappa shape index (κ2) is 6.41. The SMILES string of the molecule is CC(C)NC(C)(CC(C)N1CCOC(C)(C)C1)C(N)=O. The number of hydrogen-bond donors (Lipinski definition) is 2. The Balaban J connectivity index is 2.71. The van der Waals surface area contributed by atoms with Gasteiger partial charge in [0.1, 0.15) is 0 Å². The summed E-state index contributed by atoms with van der Waals surface area (Å²) in [4.78, 5) is 14.2. The second-order valence-corrected chi connectivity index (χ2v) is 7.13. The smallest absolute Gasteiger partial charge is 0.237 e. The molecule has 1 heterocycles. The molecule has 0 aromatic carbocycles. The molecule has 20 heavy (non-hydrogen) atoms. The van der Waals surface area contributed by atoms with Crippen molar-refractivity contribution >= 4 is 5.91 Å². The Bertz CT molecular complexity index is 344. The summed E-state index contributed by atoms with van der Waals surface area (Å²) in [7, 11) is 0. The van der Waals surface area contributed by atoms with Gasteiger partial charge in [0.2, 0.25) is 5.91 Å². The van der Waals surface area contributed by atoms with Crippen LogP contribution in [0.15, 0.2) is 0 Å². The molecule has 1 rings (SSSR count). The van der Waals surface area contributed by atoms with Crippen LogP contribution in [-0.4, -0.2) is 53.7 Å². The van der Waals surface area contributed by atoms with Crippen molar-refractivity contribution in [1.29, 1.82) is 0 Å². The van der Waals surface area contributed by atoms with Gasteiger partial charge in [-0.15, -0.1) is 0 Å². The molecule has 0 spiro atoms. The Morgan fingerprint density at radius 1 is 1.45 bits per heavy atom. The van der Waals surface area contributed by atoms with E-state index in [-0.39, 0.29) is 23.6 Å². The van der Waals surface area contributed by atoms with Gasteiger partial charge < -0.3 is 15.8 Å². The number of ether oxygens (including phenoxy) is 1. The van der Waals surface area contributed by atoms with Gasteiger partial charge in [0.05, 0.1) is 17.7 Å². The third-order valence-corrected chi connectivity index (χ3v) is 3.93. The van der Waals surface area contributed by atoms with Crippen molar-refractivity contribution in [3.63, 3.8) is 0 Å². The van der Waals surface area contributed by atoms with Crippen LogP contribution in [0.5, 0.6) is 0 Å². The maximum atomic E-state index is 11.8. The van der Waals surface area contributed by atoms with Gasteiger partial charge in [-0.1, -0.05) is 0 Å². The van der Waals surface area contributed by atoms with E-state index in [1.54, 1.807) is 0 Å². The number of morpholine rings is 1. The highest BCUT2D eigenvalue weighted by Gasteiger charge is 2.37. The summed E-state index contributed by atoms with van der Waals surface area (Å²) in [5.74, 6) is -0.287. The fourth-order valence-corrected chi connectivity index (χ4v) is 3.02. The molecule has 1 amide bonds. The summed E-state index contributed by atoms with van der Waals surface area (Å²) in [6, 6.07) is 0.503. The monoisotopic (exact) mass is 285 g/mol. The van der Waals surface area contributed by atoms with Crippen molar-refractivity contribution < 1.29 is 9.53 Å². The molecule has 2 unspecified atom stereocenters. The lowest BCUT2D eigenvalue weighted by atomic mass is 9.90. The van der Waals surface area contributed by atoms with Crippen molar-refractivity contribution in [2.45, 2.75) is 71.2 Å². The van der Waals surface area contributed by atoms with Crippen molar-refractivity contribution in [3.8, 4) is 0 Å². The van der Waals surface area contributed by atoms with Gasteiger partial charge >= 0.3 is 0 Å². The van der Waals surface area contributed by atoms with E-state index in [4.69, 9.17) is 10.5 Å². The maximum absolute atomic E-state index is 11.8. The van der Waals surface area contributed by atoms with Gasteiger partial charge in [-0.3, -0.25) is 9.69 Å². The zero-order valence-electron chi connectivity index (χ0n) is 13.8. The van der Waals surface area contributed by atoms with E-state index in [2.05, 4.69) is 31.0 Å². The molecular formula is C15H31N3O2. The van der Waals surface area contributed by atoms with Gasteiger partial charge in [-0.2, -0.15) is 0 Å². The molecule has 1 aliphatic heterocycles. The Morgan fingerprint density at radius 2 is 2.05 bits per heavy atom. The highest BCUT2D eigenvalue weighted by molar-refractivity contribution is 5.84. The molecule has 3 N–H and O–H groups in total. The lowest BCUT2D eigenvalue weighted by Crippen LogP contribution is -2.60. The van der Waals surface area contributed by atoms with Crippen molar-refractivity contribution in [2.75, 3.05) is 19.7 Å². The van der Waals surface area contributed by atoms with E-state index < -0.39 is 5.54 Å². The molecule has 1 aliphatic rings. The molecule has 0 bridgehead atoms. The number of amides is 1. The fourth-order valence-electron chi connectivity index (χ4n) is 3.02. The van der Waals surface area contributed by atoms with Gasteiger partial charge in [0.25, 0.3) is 0 Å². The summed E-state index contributed by atoms with van der Waals surface area (Å²) < 4.78 is 5.74. The van der Waals surface area contributed by atoms with Gasteiger partial charge in [-0.25, -0.2) is 0 Å². The van der Waals surface area contributed by atoms with Crippen molar-refractivity contribution in [2.24, 2.45) is 5.73 Å². The van der Waals surface area contributed by atoms with Gasteiger partial charge in [0.15, 0.2) is 0 Å². The molecule has 5 nitrogen and oxygen atoms in total. The Kier molecular flexibility index (Phi) is 5.58. The first-order valence-electron chi connectivity index (χ1n) is 7.51. The number of carbonyl (C=O) groups is 1. The number of primary amides is 1. The molecule has 0 saturated carbocycles. The minimum absolute atomic E-state index is 0.124. The normalized spacial score (nSPS) is 24.4. The number of nitrogens with zero attached hydrogens (tertiary/aromatic N) is 1. The minimum Gasteiger partial charge on any atom is -0.373 e. The zero-order chi connectivity index (χ0) is 15.6. The molecule has 0 aromatic heterocycles. The molecule has 1 saturated heterocycles. The van der Waals surface area contributed by atoms with E-state index in [9.17, 15) is 4.79 Å². The molecule has 0 radical (unpaired) electrons. The van der Waals surface area contributed by atoms with Crippen LogP contribution < -0.4 is 11.1 Å². The predicted octanol–water partition coefficient (Wildman–Crippen LogP) is 1.12. The molecular weight excluding hydrogens is 254 g/mol. The maximum Gasteiger partial charge on any atom is 0.237 e. The van der Waals surface area contributed by atoms with E-state index in [1.165, 1.54) is 0 Å². The number of nitrogens with two attached hydrogens (primary N) is 1. The molecule has 2 atom stereocenters. The first kappa shape index (κ1) is 17.4. The third kappa shape index (κ3) is 4.72. The zero-order valence-corrected chi connectivity index (χ0v) is 13.8. The summed E-state index contributed by atoms with van der Waals surface area (Å²) in [6.45, 7) is 14.8. The fraction of sp³-hybridized carbons (Fsp3) is 0.933. The third-order valence-electron chi connectivity index (χ3n) is 3.93. The van der Waals surface area contributed by atoms with E-state index in [0.717, 1.165) is 19.7 Å². The summed E-state index contributed by atoms with van der Waals surface area (Å²) in [6.07, 6.45) is 0.705. The van der Waals surface area contributed by atoms with Gasteiger partial charge in [-0.05, 0) is 48.0 Å². The Morgan fingerprint density at radius 3 is 2.50 bits per heavy atom. The molecule has 0 aromatic rings. The summed E-state index contributed by atoms with van der Waals surface area (Å²) in [5, 5.41) is 3.31. The van der Waals surface area contributed by atoms with Crippen LogP contribution >= 0.6 is 0 Å². The van der Waals surface area contributed by atoms with E-state index >= 15 is 0 Å². The van der Waals surface area contributed by atoms with E-state index in [1.807, 2.05) is 20.8 Å². The van der Waals surface area contributed by atoms with E-state index in [0.29, 0.717) is 6.42 Å². The van der Waals surface area contributed by atoms with Crippen LogP contribution in [0.4, 0.5) is 0 Å². The van der Waals surface area contributed by atoms with Crippen LogP contribution in [0.2, 0.25) is 0 Å². The largest absolute Gasteiger partial charge is 0.373 e. The average molecular weight is 285 g/mol. The number of rotatable bonds is 6. The number of hydrogen-bond acceptors (Lipinski definition) is 4. The quantitative estimate of drug-likeness (QED) is 0.767. The van der Waals surface area contributed by atoms with Crippen LogP contribution in [0, 0.1) is 0 Å². The average Bonchev–Trinajstić information content (AvgIpc) is 2.25.